The molecule has 6 nitrogen and oxygen atoms in total. The summed E-state index contributed by atoms with van der Waals surface area (Å²) < 4.78 is 44.8. The Morgan fingerprint density at radius 2 is 1.68 bits per heavy atom. The molecule has 0 unspecified atom stereocenters. The minimum atomic E-state index is -5.08. The number of carboxylic acid groups (broad SMARTS) is 1. The number of benzene rings is 2. The van der Waals surface area contributed by atoms with Crippen LogP contribution in [0.5, 0.6) is 11.5 Å². The quantitative estimate of drug-likeness (QED) is 0.454. The second-order valence-electron chi connectivity index (χ2n) is 7.92. The van der Waals surface area contributed by atoms with Gasteiger partial charge in [0.1, 0.15) is 11.5 Å². The molecule has 0 aliphatic rings. The number of rotatable bonds is 8. The number of aliphatic carboxylic acids is 1. The first-order chi connectivity index (χ1) is 16.1. The van der Waals surface area contributed by atoms with E-state index in [0.717, 1.165) is 42.1 Å². The zero-order chi connectivity index (χ0) is 25.3. The Morgan fingerprint density at radius 1 is 1.06 bits per heavy atom. The average molecular weight is 479 g/mol. The molecule has 1 N–H and O–H groups in total. The number of carboxylic acids is 1. The van der Waals surface area contributed by atoms with Gasteiger partial charge in [0.05, 0.1) is 26.2 Å². The second-order valence-corrected chi connectivity index (χ2v) is 7.92. The van der Waals surface area contributed by atoms with E-state index in [2.05, 4.69) is 42.7 Å². The van der Waals surface area contributed by atoms with Crippen molar-refractivity contribution in [2.24, 2.45) is 5.92 Å². The van der Waals surface area contributed by atoms with Crippen LogP contribution in [0.3, 0.4) is 0 Å². The van der Waals surface area contributed by atoms with Crippen molar-refractivity contribution in [3.63, 3.8) is 0 Å². The van der Waals surface area contributed by atoms with Crippen LogP contribution < -0.4 is 9.47 Å². The van der Waals surface area contributed by atoms with Crippen molar-refractivity contribution in [2.45, 2.75) is 39.4 Å². The highest BCUT2D eigenvalue weighted by atomic mass is 19.4. The van der Waals surface area contributed by atoms with Crippen molar-refractivity contribution in [1.29, 1.82) is 0 Å². The fraction of sp³-hybridized carbons (Fsp3) is 0.360. The molecule has 0 fully saturated rings. The van der Waals surface area contributed by atoms with Gasteiger partial charge >= 0.3 is 12.1 Å². The Labute approximate surface area is 197 Å². The lowest BCUT2D eigenvalue weighted by atomic mass is 10.0. The molecule has 0 spiro atoms. The average Bonchev–Trinajstić information content (AvgIpc) is 3.19. The van der Waals surface area contributed by atoms with Gasteiger partial charge in [0.25, 0.3) is 0 Å². The zero-order valence-electron chi connectivity index (χ0n) is 19.6. The van der Waals surface area contributed by atoms with Crippen LogP contribution in [0.1, 0.15) is 25.1 Å². The molecule has 0 aliphatic heterocycles. The summed E-state index contributed by atoms with van der Waals surface area (Å²) in [4.78, 5) is 13.6. The predicted octanol–water partition coefficient (Wildman–Crippen LogP) is 5.64. The highest BCUT2D eigenvalue weighted by Gasteiger charge is 2.38. The lowest BCUT2D eigenvalue weighted by Crippen LogP contribution is -2.21. The van der Waals surface area contributed by atoms with Gasteiger partial charge in [-0.05, 0) is 54.7 Å². The van der Waals surface area contributed by atoms with Gasteiger partial charge in [0, 0.05) is 17.8 Å². The molecular formula is C25H29F3N2O4. The third-order valence-corrected chi connectivity index (χ3v) is 4.97. The molecule has 3 rings (SSSR count). The van der Waals surface area contributed by atoms with E-state index in [4.69, 9.17) is 24.4 Å². The molecule has 0 amide bonds. The van der Waals surface area contributed by atoms with E-state index in [1.54, 1.807) is 14.2 Å². The number of nitrogens with zero attached hydrogens (tertiary/aromatic N) is 2. The molecule has 1 heterocycles. The third kappa shape index (κ3) is 7.54. The molecule has 0 atom stereocenters. The minimum absolute atomic E-state index is 0.559. The number of hydrogen-bond acceptors (Lipinski definition) is 4. The summed E-state index contributed by atoms with van der Waals surface area (Å²) in [5.41, 5.74) is 4.69. The Balaban J connectivity index is 0.000000509. The number of hydrogen-bond donors (Lipinski definition) is 1. The molecule has 0 saturated carbocycles. The lowest BCUT2D eigenvalue weighted by molar-refractivity contribution is -0.192. The Hall–Kier alpha value is -3.49. The van der Waals surface area contributed by atoms with Crippen LogP contribution >= 0.6 is 0 Å². The highest BCUT2D eigenvalue weighted by molar-refractivity contribution is 5.73. The molecule has 0 aliphatic carbocycles. The zero-order valence-corrected chi connectivity index (χ0v) is 19.6. The summed E-state index contributed by atoms with van der Waals surface area (Å²) in [6.45, 7) is 5.37. The molecule has 0 bridgehead atoms. The number of aryl methyl sites for hydroxylation is 2. The molecule has 1 aromatic heterocycles. The van der Waals surface area contributed by atoms with Crippen molar-refractivity contribution in [3.8, 4) is 22.8 Å². The first-order valence-electron chi connectivity index (χ1n) is 10.7. The SMILES string of the molecule is COc1ccc(-c2ncn(CCc3ccccc3OC)c2CC(C)C)cc1.O=C(O)C(F)(F)F. The van der Waals surface area contributed by atoms with Crippen molar-refractivity contribution >= 4 is 5.97 Å². The Morgan fingerprint density at radius 3 is 2.21 bits per heavy atom. The van der Waals surface area contributed by atoms with Crippen molar-refractivity contribution in [2.75, 3.05) is 14.2 Å². The van der Waals surface area contributed by atoms with Gasteiger partial charge in [-0.2, -0.15) is 13.2 Å². The molecule has 34 heavy (non-hydrogen) atoms. The van der Waals surface area contributed by atoms with Crippen molar-refractivity contribution in [3.05, 3.63) is 66.1 Å². The molecule has 9 heteroatoms. The number of para-hydroxylation sites is 1. The van der Waals surface area contributed by atoms with E-state index in [0.29, 0.717) is 5.92 Å². The molecular weight excluding hydrogens is 449 g/mol. The predicted molar refractivity (Wildman–Crippen MR) is 123 cm³/mol. The summed E-state index contributed by atoms with van der Waals surface area (Å²) in [6, 6.07) is 16.3. The number of alkyl halides is 3. The normalized spacial score (nSPS) is 11.1. The number of halogens is 3. The third-order valence-electron chi connectivity index (χ3n) is 4.97. The fourth-order valence-electron chi connectivity index (χ4n) is 3.34. The van der Waals surface area contributed by atoms with Gasteiger partial charge in [-0.1, -0.05) is 32.0 Å². The molecule has 184 valence electrons. The number of ether oxygens (including phenoxy) is 2. The van der Waals surface area contributed by atoms with E-state index in [1.165, 1.54) is 11.3 Å². The second kappa shape index (κ2) is 12.1. The number of imidazole rings is 1. The van der Waals surface area contributed by atoms with E-state index in [1.807, 2.05) is 30.6 Å². The van der Waals surface area contributed by atoms with Crippen LogP contribution in [0.25, 0.3) is 11.3 Å². The van der Waals surface area contributed by atoms with E-state index < -0.39 is 12.1 Å². The fourth-order valence-corrected chi connectivity index (χ4v) is 3.34. The first-order valence-corrected chi connectivity index (χ1v) is 10.7. The molecule has 0 saturated heterocycles. The van der Waals surface area contributed by atoms with Crippen LogP contribution in [0.4, 0.5) is 13.2 Å². The van der Waals surface area contributed by atoms with Crippen LogP contribution in [-0.4, -0.2) is 41.0 Å². The van der Waals surface area contributed by atoms with Crippen LogP contribution in [0, 0.1) is 5.92 Å². The van der Waals surface area contributed by atoms with Gasteiger partial charge in [-0.3, -0.25) is 0 Å². The van der Waals surface area contributed by atoms with Gasteiger partial charge in [0.2, 0.25) is 0 Å². The maximum Gasteiger partial charge on any atom is 0.490 e. The highest BCUT2D eigenvalue weighted by Crippen LogP contribution is 2.27. The topological polar surface area (TPSA) is 73.6 Å². The minimum Gasteiger partial charge on any atom is -0.497 e. The van der Waals surface area contributed by atoms with Gasteiger partial charge in [-0.25, -0.2) is 9.78 Å². The number of carbonyl (C=O) groups is 1. The van der Waals surface area contributed by atoms with Crippen LogP contribution in [-0.2, 0) is 24.2 Å². The van der Waals surface area contributed by atoms with Crippen LogP contribution in [0.2, 0.25) is 0 Å². The summed E-state index contributed by atoms with van der Waals surface area (Å²) in [7, 11) is 3.41. The summed E-state index contributed by atoms with van der Waals surface area (Å²) in [5, 5.41) is 7.12. The summed E-state index contributed by atoms with van der Waals surface area (Å²) in [5.74, 6) is -0.394. The largest absolute Gasteiger partial charge is 0.497 e. The van der Waals surface area contributed by atoms with Gasteiger partial charge < -0.3 is 19.1 Å². The first kappa shape index (κ1) is 26.8. The van der Waals surface area contributed by atoms with E-state index in [9.17, 15) is 13.2 Å². The Bertz CT molecular complexity index is 1060. The molecule has 0 radical (unpaired) electrons. The van der Waals surface area contributed by atoms with Crippen molar-refractivity contribution in [1.82, 2.24) is 9.55 Å². The lowest BCUT2D eigenvalue weighted by Gasteiger charge is -2.14. The van der Waals surface area contributed by atoms with Gasteiger partial charge in [-0.15, -0.1) is 0 Å². The smallest absolute Gasteiger partial charge is 0.490 e. The molecule has 3 aromatic rings. The maximum absolute atomic E-state index is 10.6. The maximum atomic E-state index is 10.6. The number of aromatic nitrogens is 2. The monoisotopic (exact) mass is 478 g/mol. The van der Waals surface area contributed by atoms with E-state index in [-0.39, 0.29) is 0 Å². The van der Waals surface area contributed by atoms with Crippen LogP contribution in [0.15, 0.2) is 54.9 Å². The van der Waals surface area contributed by atoms with Crippen molar-refractivity contribution < 1.29 is 32.5 Å². The van der Waals surface area contributed by atoms with E-state index >= 15 is 0 Å². The summed E-state index contributed by atoms with van der Waals surface area (Å²) >= 11 is 0. The standard InChI is InChI=1S/C23H28N2O2.C2HF3O2/c1-17(2)15-21-23(19-9-11-20(26-3)12-10-19)24-16-25(21)14-13-18-7-5-6-8-22(18)27-4;3-2(4,5)1(6)7/h5-12,16-17H,13-15H2,1-4H3;(H,6,7). The number of methoxy groups -OCH3 is 2. The molecule has 2 aromatic carbocycles. The summed E-state index contributed by atoms with van der Waals surface area (Å²) in [6.07, 6.45) is -1.21. The van der Waals surface area contributed by atoms with Gasteiger partial charge in [0.15, 0.2) is 0 Å². The Kier molecular flexibility index (Phi) is 9.53.